The Bertz CT molecular complexity index is 1540. The Balaban J connectivity index is 1.46. The van der Waals surface area contributed by atoms with Crippen LogP contribution in [0.15, 0.2) is 47.7 Å². The van der Waals surface area contributed by atoms with Crippen LogP contribution >= 0.6 is 11.6 Å². The summed E-state index contributed by atoms with van der Waals surface area (Å²) in [6, 6.07) is 8.13. The third-order valence-electron chi connectivity index (χ3n) is 7.88. The SMILES string of the molecule is Cc1cncc(-c2ccc(-c3cc4cnc(NC5CCCC5)nc4n(C4CCC(N)CC4)c3=O)c(Cl)c2)n1. The smallest absolute Gasteiger partial charge is 0.260 e. The third kappa shape index (κ3) is 4.90. The fourth-order valence-corrected chi connectivity index (χ4v) is 6.11. The van der Waals surface area contributed by atoms with Crippen LogP contribution in [0.5, 0.6) is 0 Å². The number of nitrogens with two attached hydrogens (primary N) is 1. The topological polar surface area (TPSA) is 112 Å². The molecule has 3 N–H and O–H groups in total. The summed E-state index contributed by atoms with van der Waals surface area (Å²) in [6.07, 6.45) is 13.4. The number of nitrogens with zero attached hydrogens (tertiary/aromatic N) is 5. The van der Waals surface area contributed by atoms with Gasteiger partial charge in [-0.25, -0.2) is 9.97 Å². The van der Waals surface area contributed by atoms with Gasteiger partial charge in [0.2, 0.25) is 5.95 Å². The van der Waals surface area contributed by atoms with E-state index in [4.69, 9.17) is 22.3 Å². The first-order valence-corrected chi connectivity index (χ1v) is 13.9. The van der Waals surface area contributed by atoms with Crippen LogP contribution in [-0.4, -0.2) is 36.6 Å². The van der Waals surface area contributed by atoms with E-state index >= 15 is 0 Å². The molecule has 0 aliphatic heterocycles. The zero-order chi connectivity index (χ0) is 26.2. The van der Waals surface area contributed by atoms with Gasteiger partial charge in [0, 0.05) is 57.6 Å². The molecule has 4 aromatic rings. The average Bonchev–Trinajstić information content (AvgIpc) is 3.42. The Hall–Kier alpha value is -3.36. The van der Waals surface area contributed by atoms with Crippen molar-refractivity contribution in [3.8, 4) is 22.4 Å². The van der Waals surface area contributed by atoms with E-state index in [0.29, 0.717) is 33.8 Å². The van der Waals surface area contributed by atoms with Gasteiger partial charge in [0.05, 0.1) is 17.6 Å². The van der Waals surface area contributed by atoms with Crippen molar-refractivity contribution in [1.82, 2.24) is 24.5 Å². The Morgan fingerprint density at radius 2 is 1.76 bits per heavy atom. The molecule has 6 rings (SSSR count). The van der Waals surface area contributed by atoms with Gasteiger partial charge in [0.25, 0.3) is 5.56 Å². The van der Waals surface area contributed by atoms with Gasteiger partial charge >= 0.3 is 0 Å². The summed E-state index contributed by atoms with van der Waals surface area (Å²) >= 11 is 6.80. The molecule has 3 heterocycles. The van der Waals surface area contributed by atoms with Crippen LogP contribution in [0.2, 0.25) is 5.02 Å². The molecule has 2 saturated carbocycles. The third-order valence-corrected chi connectivity index (χ3v) is 8.19. The molecular weight excluding hydrogens is 498 g/mol. The average molecular weight is 530 g/mol. The molecule has 9 heteroatoms. The summed E-state index contributed by atoms with van der Waals surface area (Å²) in [5, 5.41) is 4.78. The molecule has 0 radical (unpaired) electrons. The van der Waals surface area contributed by atoms with Crippen LogP contribution in [0.4, 0.5) is 5.95 Å². The summed E-state index contributed by atoms with van der Waals surface area (Å²) < 4.78 is 1.87. The molecular formula is C29H32ClN7O. The van der Waals surface area contributed by atoms with Gasteiger partial charge in [-0.2, -0.15) is 4.98 Å². The maximum absolute atomic E-state index is 14.1. The number of pyridine rings is 1. The minimum Gasteiger partial charge on any atom is -0.351 e. The van der Waals surface area contributed by atoms with Crippen molar-refractivity contribution < 1.29 is 0 Å². The quantitative estimate of drug-likeness (QED) is 0.342. The van der Waals surface area contributed by atoms with E-state index < -0.39 is 0 Å². The highest BCUT2D eigenvalue weighted by Gasteiger charge is 2.26. The first-order valence-electron chi connectivity index (χ1n) is 13.5. The molecule has 38 heavy (non-hydrogen) atoms. The molecule has 196 valence electrons. The molecule has 0 saturated heterocycles. The maximum Gasteiger partial charge on any atom is 0.260 e. The Labute approximate surface area is 226 Å². The first kappa shape index (κ1) is 24.9. The second-order valence-electron chi connectivity index (χ2n) is 10.6. The largest absolute Gasteiger partial charge is 0.351 e. The molecule has 0 bridgehead atoms. The van der Waals surface area contributed by atoms with Crippen molar-refractivity contribution in [2.75, 3.05) is 5.32 Å². The zero-order valence-corrected chi connectivity index (χ0v) is 22.3. The number of hydrogen-bond donors (Lipinski definition) is 2. The number of aromatic nitrogens is 5. The van der Waals surface area contributed by atoms with Gasteiger partial charge in [0.15, 0.2) is 0 Å². The van der Waals surface area contributed by atoms with Crippen molar-refractivity contribution >= 4 is 28.6 Å². The number of anilines is 1. The molecule has 0 amide bonds. The van der Waals surface area contributed by atoms with E-state index in [1.54, 1.807) is 12.4 Å². The highest BCUT2D eigenvalue weighted by molar-refractivity contribution is 6.33. The van der Waals surface area contributed by atoms with Crippen LogP contribution in [0.25, 0.3) is 33.4 Å². The summed E-state index contributed by atoms with van der Waals surface area (Å²) in [4.78, 5) is 32.4. The Morgan fingerprint density at radius 1 is 0.974 bits per heavy atom. The molecule has 8 nitrogen and oxygen atoms in total. The van der Waals surface area contributed by atoms with Gasteiger partial charge in [-0.15, -0.1) is 0 Å². The molecule has 1 aromatic carbocycles. The van der Waals surface area contributed by atoms with E-state index in [9.17, 15) is 4.79 Å². The summed E-state index contributed by atoms with van der Waals surface area (Å²) in [5.41, 5.74) is 10.4. The molecule has 0 unspecified atom stereocenters. The van der Waals surface area contributed by atoms with E-state index in [2.05, 4.69) is 20.3 Å². The van der Waals surface area contributed by atoms with Crippen molar-refractivity contribution in [2.45, 2.75) is 76.4 Å². The number of hydrogen-bond acceptors (Lipinski definition) is 7. The van der Waals surface area contributed by atoms with E-state index in [1.165, 1.54) is 12.8 Å². The monoisotopic (exact) mass is 529 g/mol. The van der Waals surface area contributed by atoms with Gasteiger partial charge in [0.1, 0.15) is 5.65 Å². The van der Waals surface area contributed by atoms with Crippen LogP contribution in [0.1, 0.15) is 63.1 Å². The highest BCUT2D eigenvalue weighted by Crippen LogP contribution is 2.34. The second kappa shape index (κ2) is 10.4. The first-order chi connectivity index (χ1) is 18.5. The standard InChI is InChI=1S/C29H32ClN7O/c1-17-14-32-16-26(34-17)18-6-11-23(25(30)13-18)24-12-19-15-33-29(35-21-4-2-3-5-21)36-27(19)37(28(24)38)22-9-7-20(31)8-10-22/h6,11-16,20-22H,2-5,7-10,31H2,1H3,(H,33,35,36). The van der Waals surface area contributed by atoms with Gasteiger partial charge in [-0.05, 0) is 57.6 Å². The van der Waals surface area contributed by atoms with Gasteiger partial charge < -0.3 is 11.1 Å². The van der Waals surface area contributed by atoms with Crippen molar-refractivity contribution in [1.29, 1.82) is 0 Å². The van der Waals surface area contributed by atoms with E-state index in [0.717, 1.165) is 60.9 Å². The number of fused-ring (bicyclic) bond motifs is 1. The molecule has 3 aromatic heterocycles. The van der Waals surface area contributed by atoms with Crippen molar-refractivity contribution in [3.05, 3.63) is 63.9 Å². The summed E-state index contributed by atoms with van der Waals surface area (Å²) in [6.45, 7) is 1.90. The molecule has 2 aliphatic rings. The summed E-state index contributed by atoms with van der Waals surface area (Å²) in [7, 11) is 0. The van der Waals surface area contributed by atoms with Crippen molar-refractivity contribution in [2.24, 2.45) is 5.73 Å². The Kier molecular flexibility index (Phi) is 6.84. The molecule has 0 spiro atoms. The lowest BCUT2D eigenvalue weighted by atomic mass is 9.91. The van der Waals surface area contributed by atoms with Crippen LogP contribution in [-0.2, 0) is 0 Å². The number of nitrogens with one attached hydrogen (secondary N) is 1. The van der Waals surface area contributed by atoms with Crippen LogP contribution in [0, 0.1) is 6.92 Å². The number of benzene rings is 1. The van der Waals surface area contributed by atoms with Crippen LogP contribution in [0.3, 0.4) is 0 Å². The minimum atomic E-state index is -0.0894. The normalized spacial score (nSPS) is 20.2. The lowest BCUT2D eigenvalue weighted by Gasteiger charge is -2.29. The molecule has 2 fully saturated rings. The van der Waals surface area contributed by atoms with Crippen LogP contribution < -0.4 is 16.6 Å². The molecule has 0 atom stereocenters. The fraction of sp³-hybridized carbons (Fsp3) is 0.414. The zero-order valence-electron chi connectivity index (χ0n) is 21.5. The lowest BCUT2D eigenvalue weighted by molar-refractivity contribution is 0.323. The number of halogens is 1. The minimum absolute atomic E-state index is 0.0274. The summed E-state index contributed by atoms with van der Waals surface area (Å²) in [5.74, 6) is 0.583. The number of aryl methyl sites for hydroxylation is 1. The Morgan fingerprint density at radius 3 is 2.50 bits per heavy atom. The molecule has 2 aliphatic carbocycles. The van der Waals surface area contributed by atoms with E-state index in [-0.39, 0.29) is 17.6 Å². The fourth-order valence-electron chi connectivity index (χ4n) is 5.83. The predicted octanol–water partition coefficient (Wildman–Crippen LogP) is 5.67. The van der Waals surface area contributed by atoms with E-state index in [1.807, 2.05) is 42.0 Å². The highest BCUT2D eigenvalue weighted by atomic mass is 35.5. The van der Waals surface area contributed by atoms with Gasteiger partial charge in [-0.1, -0.05) is 36.6 Å². The number of rotatable bonds is 5. The predicted molar refractivity (Wildman–Crippen MR) is 151 cm³/mol. The van der Waals surface area contributed by atoms with Gasteiger partial charge in [-0.3, -0.25) is 14.3 Å². The van der Waals surface area contributed by atoms with Crippen molar-refractivity contribution in [3.63, 3.8) is 0 Å². The lowest BCUT2D eigenvalue weighted by Crippen LogP contribution is -2.33. The maximum atomic E-state index is 14.1. The second-order valence-corrected chi connectivity index (χ2v) is 11.0.